The van der Waals surface area contributed by atoms with E-state index in [0.29, 0.717) is 25.4 Å². The standard InChI is InChI=1S/C17H27N5O3/c1-4-25-17(24)22-9-7-13(8-10-22)20-15-6-5-14(11-18-15)21-16(23)19-12(2)3/h5-6,11-13H,4,7-10H2,1-3H3,(H,18,20)(H2,19,21,23). The molecule has 0 unspecified atom stereocenters. The molecular formula is C17H27N5O3. The summed E-state index contributed by atoms with van der Waals surface area (Å²) in [6.45, 7) is 7.35. The Balaban J connectivity index is 1.78. The Labute approximate surface area is 148 Å². The highest BCUT2D eigenvalue weighted by Crippen LogP contribution is 2.17. The molecule has 0 aromatic carbocycles. The maximum Gasteiger partial charge on any atom is 0.409 e. The monoisotopic (exact) mass is 349 g/mol. The number of likely N-dealkylation sites (tertiary alicyclic amines) is 1. The summed E-state index contributed by atoms with van der Waals surface area (Å²) >= 11 is 0. The van der Waals surface area contributed by atoms with Crippen LogP contribution in [-0.2, 0) is 4.74 Å². The van der Waals surface area contributed by atoms with Gasteiger partial charge in [-0.3, -0.25) is 0 Å². The molecule has 0 atom stereocenters. The largest absolute Gasteiger partial charge is 0.450 e. The quantitative estimate of drug-likeness (QED) is 0.759. The lowest BCUT2D eigenvalue weighted by molar-refractivity contribution is 0.0983. The van der Waals surface area contributed by atoms with Crippen molar-refractivity contribution in [3.63, 3.8) is 0 Å². The molecule has 0 saturated carbocycles. The van der Waals surface area contributed by atoms with Crippen molar-refractivity contribution < 1.29 is 14.3 Å². The summed E-state index contributed by atoms with van der Waals surface area (Å²) in [7, 11) is 0. The minimum atomic E-state index is -0.246. The van der Waals surface area contributed by atoms with Crippen molar-refractivity contribution in [2.24, 2.45) is 0 Å². The minimum absolute atomic E-state index is 0.0781. The number of hydrogen-bond donors (Lipinski definition) is 3. The van der Waals surface area contributed by atoms with Gasteiger partial charge in [-0.2, -0.15) is 0 Å². The van der Waals surface area contributed by atoms with Gasteiger partial charge in [0, 0.05) is 25.2 Å². The fourth-order valence-corrected chi connectivity index (χ4v) is 2.61. The van der Waals surface area contributed by atoms with Crippen LogP contribution in [0.1, 0.15) is 33.6 Å². The molecule has 1 aliphatic rings. The maximum absolute atomic E-state index is 11.7. The number of ether oxygens (including phenoxy) is 1. The summed E-state index contributed by atoms with van der Waals surface area (Å²) in [5.74, 6) is 0.754. The second-order valence-electron chi connectivity index (χ2n) is 6.29. The van der Waals surface area contributed by atoms with Crippen molar-refractivity contribution in [1.82, 2.24) is 15.2 Å². The number of carbonyl (C=O) groups excluding carboxylic acids is 2. The normalized spacial score (nSPS) is 15.0. The van der Waals surface area contributed by atoms with E-state index in [0.717, 1.165) is 18.7 Å². The van der Waals surface area contributed by atoms with Crippen molar-refractivity contribution in [2.45, 2.75) is 45.7 Å². The zero-order chi connectivity index (χ0) is 18.2. The molecule has 8 heteroatoms. The Morgan fingerprint density at radius 1 is 1.32 bits per heavy atom. The number of carbonyl (C=O) groups is 2. The molecule has 3 amide bonds. The molecule has 0 radical (unpaired) electrons. The molecule has 1 aliphatic heterocycles. The van der Waals surface area contributed by atoms with Gasteiger partial charge < -0.3 is 25.6 Å². The third-order valence-corrected chi connectivity index (χ3v) is 3.81. The third-order valence-electron chi connectivity index (χ3n) is 3.81. The van der Waals surface area contributed by atoms with E-state index in [-0.39, 0.29) is 24.2 Å². The Kier molecular flexibility index (Phi) is 6.85. The van der Waals surface area contributed by atoms with E-state index in [9.17, 15) is 9.59 Å². The van der Waals surface area contributed by atoms with Crippen molar-refractivity contribution in [2.75, 3.05) is 30.3 Å². The number of rotatable bonds is 5. The Morgan fingerprint density at radius 2 is 2.04 bits per heavy atom. The lowest BCUT2D eigenvalue weighted by Crippen LogP contribution is -2.42. The molecule has 138 valence electrons. The van der Waals surface area contributed by atoms with Crippen LogP contribution in [0, 0.1) is 0 Å². The lowest BCUT2D eigenvalue weighted by Gasteiger charge is -2.31. The number of nitrogens with zero attached hydrogens (tertiary/aromatic N) is 2. The Morgan fingerprint density at radius 3 is 2.60 bits per heavy atom. The highest BCUT2D eigenvalue weighted by Gasteiger charge is 2.23. The SMILES string of the molecule is CCOC(=O)N1CCC(Nc2ccc(NC(=O)NC(C)C)cn2)CC1. The summed E-state index contributed by atoms with van der Waals surface area (Å²) in [6.07, 6.45) is 3.07. The van der Waals surface area contributed by atoms with Crippen molar-refractivity contribution in [3.8, 4) is 0 Å². The van der Waals surface area contributed by atoms with Gasteiger partial charge >= 0.3 is 12.1 Å². The number of hydrogen-bond acceptors (Lipinski definition) is 5. The van der Waals surface area contributed by atoms with Crippen LogP contribution in [0.25, 0.3) is 0 Å². The third kappa shape index (κ3) is 6.13. The topological polar surface area (TPSA) is 95.6 Å². The minimum Gasteiger partial charge on any atom is -0.450 e. The first-order valence-corrected chi connectivity index (χ1v) is 8.69. The Bertz CT molecular complexity index is 568. The fraction of sp³-hybridized carbons (Fsp3) is 0.588. The fourth-order valence-electron chi connectivity index (χ4n) is 2.61. The van der Waals surface area contributed by atoms with E-state index in [2.05, 4.69) is 20.9 Å². The highest BCUT2D eigenvalue weighted by atomic mass is 16.6. The smallest absolute Gasteiger partial charge is 0.409 e. The van der Waals surface area contributed by atoms with Crippen molar-refractivity contribution >= 4 is 23.6 Å². The molecule has 0 aliphatic carbocycles. The molecule has 1 fully saturated rings. The second kappa shape index (κ2) is 9.10. The highest BCUT2D eigenvalue weighted by molar-refractivity contribution is 5.89. The average molecular weight is 349 g/mol. The first-order valence-electron chi connectivity index (χ1n) is 8.69. The predicted octanol–water partition coefficient (Wildman–Crippen LogP) is 2.64. The lowest BCUT2D eigenvalue weighted by atomic mass is 10.1. The molecular weight excluding hydrogens is 322 g/mol. The Hall–Kier alpha value is -2.51. The molecule has 0 spiro atoms. The van der Waals surface area contributed by atoms with Crippen LogP contribution >= 0.6 is 0 Å². The number of pyridine rings is 1. The van der Waals surface area contributed by atoms with Crippen LogP contribution in [0.5, 0.6) is 0 Å². The van der Waals surface area contributed by atoms with Crippen molar-refractivity contribution in [1.29, 1.82) is 0 Å². The molecule has 2 rings (SSSR count). The molecule has 0 bridgehead atoms. The summed E-state index contributed by atoms with van der Waals surface area (Å²) < 4.78 is 5.02. The molecule has 3 N–H and O–H groups in total. The van der Waals surface area contributed by atoms with Crippen LogP contribution in [0.3, 0.4) is 0 Å². The van der Waals surface area contributed by atoms with Crippen LogP contribution < -0.4 is 16.0 Å². The van der Waals surface area contributed by atoms with E-state index < -0.39 is 0 Å². The van der Waals surface area contributed by atoms with E-state index in [1.54, 1.807) is 11.1 Å². The van der Waals surface area contributed by atoms with Gasteiger partial charge in [0.2, 0.25) is 0 Å². The zero-order valence-electron chi connectivity index (χ0n) is 15.0. The summed E-state index contributed by atoms with van der Waals surface area (Å²) in [5.41, 5.74) is 0.640. The second-order valence-corrected chi connectivity index (χ2v) is 6.29. The van der Waals surface area contributed by atoms with Crippen LogP contribution in [-0.4, -0.2) is 53.8 Å². The summed E-state index contributed by atoms with van der Waals surface area (Å²) in [6, 6.07) is 3.74. The molecule has 2 heterocycles. The van der Waals surface area contributed by atoms with Gasteiger partial charge in [-0.25, -0.2) is 14.6 Å². The van der Waals surface area contributed by atoms with E-state index in [4.69, 9.17) is 4.74 Å². The average Bonchev–Trinajstić information content (AvgIpc) is 2.57. The molecule has 1 aromatic rings. The first-order chi connectivity index (χ1) is 12.0. The van der Waals surface area contributed by atoms with E-state index in [1.807, 2.05) is 32.9 Å². The number of piperidine rings is 1. The number of anilines is 2. The maximum atomic E-state index is 11.7. The first kappa shape index (κ1) is 18.8. The number of aromatic nitrogens is 1. The van der Waals surface area contributed by atoms with Crippen LogP contribution in [0.4, 0.5) is 21.1 Å². The van der Waals surface area contributed by atoms with Crippen LogP contribution in [0.15, 0.2) is 18.3 Å². The summed E-state index contributed by atoms with van der Waals surface area (Å²) in [4.78, 5) is 29.4. The van der Waals surface area contributed by atoms with Gasteiger partial charge in [-0.05, 0) is 45.7 Å². The molecule has 8 nitrogen and oxygen atoms in total. The van der Waals surface area contributed by atoms with Gasteiger partial charge in [0.25, 0.3) is 0 Å². The molecule has 1 aromatic heterocycles. The molecule has 25 heavy (non-hydrogen) atoms. The van der Waals surface area contributed by atoms with Gasteiger partial charge in [-0.15, -0.1) is 0 Å². The van der Waals surface area contributed by atoms with Gasteiger partial charge in [0.15, 0.2) is 0 Å². The number of nitrogens with one attached hydrogen (secondary N) is 3. The molecule has 1 saturated heterocycles. The van der Waals surface area contributed by atoms with Gasteiger partial charge in [0.05, 0.1) is 18.5 Å². The van der Waals surface area contributed by atoms with E-state index in [1.165, 1.54) is 0 Å². The van der Waals surface area contributed by atoms with Gasteiger partial charge in [0.1, 0.15) is 5.82 Å². The van der Waals surface area contributed by atoms with Crippen LogP contribution in [0.2, 0.25) is 0 Å². The van der Waals surface area contributed by atoms with E-state index >= 15 is 0 Å². The van der Waals surface area contributed by atoms with Crippen molar-refractivity contribution in [3.05, 3.63) is 18.3 Å². The van der Waals surface area contributed by atoms with Gasteiger partial charge in [-0.1, -0.05) is 0 Å². The number of urea groups is 1. The summed E-state index contributed by atoms with van der Waals surface area (Å²) in [5, 5.41) is 8.86. The number of amides is 3. The predicted molar refractivity (Wildman–Crippen MR) is 96.8 cm³/mol. The zero-order valence-corrected chi connectivity index (χ0v) is 15.0.